The third-order valence-electron chi connectivity index (χ3n) is 4.63. The van der Waals surface area contributed by atoms with Crippen LogP contribution in [0, 0.1) is 24.5 Å². The van der Waals surface area contributed by atoms with Crippen LogP contribution in [0.4, 0.5) is 8.78 Å². The van der Waals surface area contributed by atoms with Gasteiger partial charge in [-0.2, -0.15) is 0 Å². The van der Waals surface area contributed by atoms with Crippen LogP contribution < -0.4 is 5.73 Å². The molecule has 20 heavy (non-hydrogen) atoms. The number of aryl methyl sites for hydroxylation is 1. The van der Waals surface area contributed by atoms with Crippen molar-refractivity contribution in [2.75, 3.05) is 13.1 Å². The molecular formula is C16H24F2N2. The Balaban J connectivity index is 2.30. The van der Waals surface area contributed by atoms with Gasteiger partial charge < -0.3 is 5.73 Å². The number of nitrogens with zero attached hydrogens (tertiary/aromatic N) is 1. The van der Waals surface area contributed by atoms with E-state index in [-0.39, 0.29) is 23.7 Å². The first-order valence-corrected chi connectivity index (χ1v) is 7.37. The SMILES string of the molecule is Cc1cc(F)c(C(C)N2CCCC(C)C2CN)cc1F. The Hall–Kier alpha value is -1.00. The highest BCUT2D eigenvalue weighted by Crippen LogP contribution is 2.32. The number of hydrogen-bond acceptors (Lipinski definition) is 2. The number of hydrogen-bond donors (Lipinski definition) is 1. The van der Waals surface area contributed by atoms with Crippen molar-refractivity contribution in [1.82, 2.24) is 4.90 Å². The third-order valence-corrected chi connectivity index (χ3v) is 4.63. The normalized spacial score (nSPS) is 25.7. The molecule has 2 nitrogen and oxygen atoms in total. The molecule has 0 saturated carbocycles. The van der Waals surface area contributed by atoms with E-state index in [9.17, 15) is 8.78 Å². The smallest absolute Gasteiger partial charge is 0.128 e. The molecule has 1 aromatic rings. The highest BCUT2D eigenvalue weighted by Gasteiger charge is 2.32. The van der Waals surface area contributed by atoms with Gasteiger partial charge >= 0.3 is 0 Å². The van der Waals surface area contributed by atoms with E-state index in [0.717, 1.165) is 19.4 Å². The monoisotopic (exact) mass is 282 g/mol. The molecule has 4 heteroatoms. The topological polar surface area (TPSA) is 29.3 Å². The van der Waals surface area contributed by atoms with Gasteiger partial charge in [0.25, 0.3) is 0 Å². The van der Waals surface area contributed by atoms with Crippen molar-refractivity contribution >= 4 is 0 Å². The minimum absolute atomic E-state index is 0.151. The van der Waals surface area contributed by atoms with E-state index >= 15 is 0 Å². The molecule has 0 bridgehead atoms. The van der Waals surface area contributed by atoms with Crippen LogP contribution in [0.25, 0.3) is 0 Å². The van der Waals surface area contributed by atoms with E-state index in [0.29, 0.717) is 23.6 Å². The summed E-state index contributed by atoms with van der Waals surface area (Å²) in [4.78, 5) is 2.22. The van der Waals surface area contributed by atoms with Crippen LogP contribution in [0.1, 0.15) is 43.9 Å². The Morgan fingerprint density at radius 2 is 2.05 bits per heavy atom. The molecule has 1 heterocycles. The average Bonchev–Trinajstić information content (AvgIpc) is 2.41. The van der Waals surface area contributed by atoms with Crippen LogP contribution in [0.3, 0.4) is 0 Å². The minimum atomic E-state index is -0.345. The highest BCUT2D eigenvalue weighted by molar-refractivity contribution is 5.27. The first-order chi connectivity index (χ1) is 9.45. The second-order valence-electron chi connectivity index (χ2n) is 5.96. The summed E-state index contributed by atoms with van der Waals surface area (Å²) in [5.41, 5.74) is 6.66. The average molecular weight is 282 g/mol. The minimum Gasteiger partial charge on any atom is -0.329 e. The lowest BCUT2D eigenvalue weighted by atomic mass is 9.88. The molecule has 1 aliphatic heterocycles. The molecule has 0 aromatic heterocycles. The lowest BCUT2D eigenvalue weighted by molar-refractivity contribution is 0.0674. The van der Waals surface area contributed by atoms with Gasteiger partial charge in [0, 0.05) is 24.2 Å². The highest BCUT2D eigenvalue weighted by atomic mass is 19.1. The van der Waals surface area contributed by atoms with Gasteiger partial charge in [0.05, 0.1) is 0 Å². The molecule has 0 radical (unpaired) electrons. The second-order valence-corrected chi connectivity index (χ2v) is 5.96. The lowest BCUT2D eigenvalue weighted by Gasteiger charge is -2.43. The Morgan fingerprint density at radius 1 is 1.35 bits per heavy atom. The summed E-state index contributed by atoms with van der Waals surface area (Å²) < 4.78 is 27.9. The van der Waals surface area contributed by atoms with Gasteiger partial charge in [-0.1, -0.05) is 6.92 Å². The first kappa shape index (κ1) is 15.4. The molecule has 3 unspecified atom stereocenters. The maximum absolute atomic E-state index is 14.1. The number of benzene rings is 1. The summed E-state index contributed by atoms with van der Waals surface area (Å²) in [5.74, 6) is -0.178. The quantitative estimate of drug-likeness (QED) is 0.920. The van der Waals surface area contributed by atoms with Crippen LogP contribution in [0.5, 0.6) is 0 Å². The van der Waals surface area contributed by atoms with E-state index in [1.54, 1.807) is 6.92 Å². The third kappa shape index (κ3) is 2.86. The first-order valence-electron chi connectivity index (χ1n) is 7.37. The van der Waals surface area contributed by atoms with Gasteiger partial charge in [-0.25, -0.2) is 8.78 Å². The van der Waals surface area contributed by atoms with Crippen molar-refractivity contribution in [2.24, 2.45) is 11.7 Å². The summed E-state index contributed by atoms with van der Waals surface area (Å²) >= 11 is 0. The van der Waals surface area contributed by atoms with Crippen LogP contribution in [0.15, 0.2) is 12.1 Å². The Morgan fingerprint density at radius 3 is 2.70 bits per heavy atom. The van der Waals surface area contributed by atoms with E-state index in [1.807, 2.05) is 6.92 Å². The molecular weight excluding hydrogens is 258 g/mol. The number of nitrogens with two attached hydrogens (primary N) is 1. The van der Waals surface area contributed by atoms with Crippen molar-refractivity contribution in [2.45, 2.75) is 45.7 Å². The number of likely N-dealkylation sites (tertiary alicyclic amines) is 1. The summed E-state index contributed by atoms with van der Waals surface area (Å²) in [5, 5.41) is 0. The number of halogens is 2. The predicted octanol–water partition coefficient (Wildman–Crippen LogP) is 3.39. The Bertz CT molecular complexity index is 476. The fourth-order valence-corrected chi connectivity index (χ4v) is 3.29. The maximum Gasteiger partial charge on any atom is 0.128 e. The fourth-order valence-electron chi connectivity index (χ4n) is 3.29. The van der Waals surface area contributed by atoms with Gasteiger partial charge in [0.1, 0.15) is 11.6 Å². The maximum atomic E-state index is 14.1. The van der Waals surface area contributed by atoms with Crippen molar-refractivity contribution < 1.29 is 8.78 Å². The van der Waals surface area contributed by atoms with Gasteiger partial charge in [-0.05, 0) is 56.8 Å². The fraction of sp³-hybridized carbons (Fsp3) is 0.625. The molecule has 1 fully saturated rings. The van der Waals surface area contributed by atoms with Crippen molar-refractivity contribution in [1.29, 1.82) is 0 Å². The van der Waals surface area contributed by atoms with E-state index in [1.165, 1.54) is 12.1 Å². The van der Waals surface area contributed by atoms with Gasteiger partial charge in [-0.15, -0.1) is 0 Å². The molecule has 2 rings (SSSR count). The predicted molar refractivity (Wildman–Crippen MR) is 77.5 cm³/mol. The molecule has 112 valence electrons. The Labute approximate surface area is 120 Å². The largest absolute Gasteiger partial charge is 0.329 e. The summed E-state index contributed by atoms with van der Waals surface area (Å²) in [7, 11) is 0. The van der Waals surface area contributed by atoms with Crippen LogP contribution in [-0.4, -0.2) is 24.0 Å². The van der Waals surface area contributed by atoms with Gasteiger partial charge in [-0.3, -0.25) is 4.90 Å². The van der Waals surface area contributed by atoms with Crippen molar-refractivity contribution in [3.05, 3.63) is 34.9 Å². The standard InChI is InChI=1S/C16H24F2N2/c1-10-5-4-6-20(16(10)9-19)12(3)13-8-14(17)11(2)7-15(13)18/h7-8,10,12,16H,4-6,9,19H2,1-3H3. The van der Waals surface area contributed by atoms with Crippen LogP contribution in [-0.2, 0) is 0 Å². The zero-order valence-corrected chi connectivity index (χ0v) is 12.5. The zero-order valence-electron chi connectivity index (χ0n) is 12.5. The molecule has 1 saturated heterocycles. The van der Waals surface area contributed by atoms with Crippen molar-refractivity contribution in [3.63, 3.8) is 0 Å². The van der Waals surface area contributed by atoms with Gasteiger partial charge in [0.2, 0.25) is 0 Å². The van der Waals surface area contributed by atoms with E-state index in [2.05, 4.69) is 11.8 Å². The number of rotatable bonds is 3. The molecule has 0 amide bonds. The van der Waals surface area contributed by atoms with E-state index in [4.69, 9.17) is 5.73 Å². The summed E-state index contributed by atoms with van der Waals surface area (Å²) in [6.45, 7) is 7.15. The van der Waals surface area contributed by atoms with Crippen LogP contribution in [0.2, 0.25) is 0 Å². The van der Waals surface area contributed by atoms with Crippen molar-refractivity contribution in [3.8, 4) is 0 Å². The zero-order chi connectivity index (χ0) is 14.9. The summed E-state index contributed by atoms with van der Waals surface area (Å²) in [6.07, 6.45) is 2.23. The Kier molecular flexibility index (Phi) is 4.76. The second kappa shape index (κ2) is 6.19. The molecule has 3 atom stereocenters. The molecule has 0 spiro atoms. The van der Waals surface area contributed by atoms with Gasteiger partial charge in [0.15, 0.2) is 0 Å². The molecule has 1 aromatic carbocycles. The molecule has 0 aliphatic carbocycles. The number of piperidine rings is 1. The van der Waals surface area contributed by atoms with E-state index < -0.39 is 0 Å². The summed E-state index contributed by atoms with van der Waals surface area (Å²) in [6, 6.07) is 2.71. The molecule has 2 N–H and O–H groups in total. The lowest BCUT2D eigenvalue weighted by Crippen LogP contribution is -2.49. The molecule has 1 aliphatic rings. The van der Waals surface area contributed by atoms with Crippen LogP contribution >= 0.6 is 0 Å².